The lowest BCUT2D eigenvalue weighted by molar-refractivity contribution is 0.192. The van der Waals surface area contributed by atoms with Crippen LogP contribution in [0.3, 0.4) is 0 Å². The van der Waals surface area contributed by atoms with Crippen molar-refractivity contribution in [3.05, 3.63) is 0 Å². The standard InChI is InChI=1S/C11H24N2/c1-3-4-8-13-9-6-5-7-12(2)10-11-13/h3-11H2,1-2H3. The molecule has 13 heavy (non-hydrogen) atoms. The molecule has 0 unspecified atom stereocenters. The molecule has 2 heteroatoms. The van der Waals surface area contributed by atoms with Gasteiger partial charge in [0.1, 0.15) is 0 Å². The number of hydrogen-bond donors (Lipinski definition) is 0. The van der Waals surface area contributed by atoms with Crippen molar-refractivity contribution in [2.75, 3.05) is 39.8 Å². The van der Waals surface area contributed by atoms with Crippen molar-refractivity contribution < 1.29 is 0 Å². The maximum atomic E-state index is 2.62. The Hall–Kier alpha value is -0.0800. The van der Waals surface area contributed by atoms with Crippen molar-refractivity contribution in [1.29, 1.82) is 0 Å². The summed E-state index contributed by atoms with van der Waals surface area (Å²) in [6, 6.07) is 0. The second kappa shape index (κ2) is 6.39. The van der Waals surface area contributed by atoms with Crippen LogP contribution in [0, 0.1) is 0 Å². The van der Waals surface area contributed by atoms with Crippen molar-refractivity contribution in [3.63, 3.8) is 0 Å². The average molecular weight is 184 g/mol. The summed E-state index contributed by atoms with van der Waals surface area (Å²) >= 11 is 0. The molecular formula is C11H24N2. The highest BCUT2D eigenvalue weighted by Crippen LogP contribution is 2.03. The number of likely N-dealkylation sites (N-methyl/N-ethyl adjacent to an activating group) is 1. The molecule has 78 valence electrons. The summed E-state index contributed by atoms with van der Waals surface area (Å²) in [6.45, 7) is 8.73. The van der Waals surface area contributed by atoms with Gasteiger partial charge in [0.25, 0.3) is 0 Å². The van der Waals surface area contributed by atoms with Crippen LogP contribution in [-0.2, 0) is 0 Å². The topological polar surface area (TPSA) is 6.48 Å². The molecule has 1 rings (SSSR count). The van der Waals surface area contributed by atoms with Crippen LogP contribution in [0.15, 0.2) is 0 Å². The first kappa shape index (κ1) is 11.0. The summed E-state index contributed by atoms with van der Waals surface area (Å²) in [7, 11) is 2.24. The van der Waals surface area contributed by atoms with E-state index in [0.717, 1.165) is 0 Å². The minimum atomic E-state index is 1.25. The first-order valence-electron chi connectivity index (χ1n) is 5.74. The molecular weight excluding hydrogens is 160 g/mol. The molecule has 1 saturated heterocycles. The summed E-state index contributed by atoms with van der Waals surface area (Å²) in [5.74, 6) is 0. The Morgan fingerprint density at radius 2 is 1.77 bits per heavy atom. The van der Waals surface area contributed by atoms with Gasteiger partial charge in [0.05, 0.1) is 0 Å². The molecule has 0 amide bonds. The zero-order chi connectivity index (χ0) is 9.52. The van der Waals surface area contributed by atoms with Gasteiger partial charge in [0.15, 0.2) is 0 Å². The third-order valence-electron chi connectivity index (χ3n) is 2.89. The van der Waals surface area contributed by atoms with Crippen molar-refractivity contribution in [2.24, 2.45) is 0 Å². The number of nitrogens with zero attached hydrogens (tertiary/aromatic N) is 2. The van der Waals surface area contributed by atoms with Gasteiger partial charge in [0, 0.05) is 13.1 Å². The van der Waals surface area contributed by atoms with Gasteiger partial charge < -0.3 is 9.80 Å². The largest absolute Gasteiger partial charge is 0.305 e. The fourth-order valence-electron chi connectivity index (χ4n) is 1.86. The van der Waals surface area contributed by atoms with E-state index in [4.69, 9.17) is 0 Å². The van der Waals surface area contributed by atoms with Crippen LogP contribution in [0.25, 0.3) is 0 Å². The summed E-state index contributed by atoms with van der Waals surface area (Å²) in [5, 5.41) is 0. The van der Waals surface area contributed by atoms with E-state index in [9.17, 15) is 0 Å². The molecule has 1 aliphatic rings. The molecule has 0 aromatic carbocycles. The van der Waals surface area contributed by atoms with E-state index in [1.165, 1.54) is 58.4 Å². The Bertz CT molecular complexity index is 123. The molecule has 2 nitrogen and oxygen atoms in total. The molecule has 0 bridgehead atoms. The lowest BCUT2D eigenvalue weighted by Crippen LogP contribution is -2.37. The van der Waals surface area contributed by atoms with E-state index >= 15 is 0 Å². The molecule has 0 aliphatic carbocycles. The summed E-state index contributed by atoms with van der Waals surface area (Å²) < 4.78 is 0. The van der Waals surface area contributed by atoms with E-state index < -0.39 is 0 Å². The molecule has 0 atom stereocenters. The van der Waals surface area contributed by atoms with Gasteiger partial charge in [0.2, 0.25) is 0 Å². The predicted octanol–water partition coefficient (Wildman–Crippen LogP) is 1.81. The number of hydrogen-bond acceptors (Lipinski definition) is 2. The zero-order valence-electron chi connectivity index (χ0n) is 9.26. The van der Waals surface area contributed by atoms with E-state index in [2.05, 4.69) is 23.8 Å². The average Bonchev–Trinajstić information content (AvgIpc) is 2.11. The van der Waals surface area contributed by atoms with Gasteiger partial charge in [-0.2, -0.15) is 0 Å². The second-order valence-corrected chi connectivity index (χ2v) is 4.21. The molecule has 1 heterocycles. The van der Waals surface area contributed by atoms with Gasteiger partial charge in [-0.25, -0.2) is 0 Å². The Morgan fingerprint density at radius 1 is 1.00 bits per heavy atom. The molecule has 0 saturated carbocycles. The number of unbranched alkanes of at least 4 members (excludes halogenated alkanes) is 1. The van der Waals surface area contributed by atoms with Gasteiger partial charge in [-0.05, 0) is 45.9 Å². The highest BCUT2D eigenvalue weighted by atomic mass is 15.2. The number of rotatable bonds is 3. The first-order chi connectivity index (χ1) is 6.33. The third kappa shape index (κ3) is 4.63. The Morgan fingerprint density at radius 3 is 2.54 bits per heavy atom. The molecule has 1 aliphatic heterocycles. The van der Waals surface area contributed by atoms with Crippen LogP contribution >= 0.6 is 0 Å². The predicted molar refractivity (Wildman–Crippen MR) is 58.1 cm³/mol. The van der Waals surface area contributed by atoms with Crippen LogP contribution in [0.1, 0.15) is 32.6 Å². The molecule has 1 fully saturated rings. The quantitative estimate of drug-likeness (QED) is 0.660. The Kier molecular flexibility index (Phi) is 5.40. The fourth-order valence-corrected chi connectivity index (χ4v) is 1.86. The maximum absolute atomic E-state index is 2.62. The molecule has 0 N–H and O–H groups in total. The monoisotopic (exact) mass is 184 g/mol. The van der Waals surface area contributed by atoms with Crippen LogP contribution < -0.4 is 0 Å². The van der Waals surface area contributed by atoms with Crippen LogP contribution in [0.4, 0.5) is 0 Å². The van der Waals surface area contributed by atoms with Crippen molar-refractivity contribution in [2.45, 2.75) is 32.6 Å². The minimum Gasteiger partial charge on any atom is -0.305 e. The Balaban J connectivity index is 2.20. The second-order valence-electron chi connectivity index (χ2n) is 4.21. The normalized spacial score (nSPS) is 22.6. The van der Waals surface area contributed by atoms with Crippen LogP contribution in [0.2, 0.25) is 0 Å². The fraction of sp³-hybridized carbons (Fsp3) is 1.00. The third-order valence-corrected chi connectivity index (χ3v) is 2.89. The highest BCUT2D eigenvalue weighted by molar-refractivity contribution is 4.65. The van der Waals surface area contributed by atoms with Crippen molar-refractivity contribution in [1.82, 2.24) is 9.80 Å². The van der Waals surface area contributed by atoms with E-state index in [1.54, 1.807) is 0 Å². The van der Waals surface area contributed by atoms with E-state index in [-0.39, 0.29) is 0 Å². The van der Waals surface area contributed by atoms with E-state index in [0.29, 0.717) is 0 Å². The zero-order valence-corrected chi connectivity index (χ0v) is 9.26. The summed E-state index contributed by atoms with van der Waals surface area (Å²) in [6.07, 6.45) is 5.45. The van der Waals surface area contributed by atoms with Crippen LogP contribution in [-0.4, -0.2) is 49.6 Å². The van der Waals surface area contributed by atoms with Crippen molar-refractivity contribution >= 4 is 0 Å². The minimum absolute atomic E-state index is 1.25. The molecule has 0 spiro atoms. The first-order valence-corrected chi connectivity index (χ1v) is 5.74. The van der Waals surface area contributed by atoms with Crippen molar-refractivity contribution in [3.8, 4) is 0 Å². The molecule has 0 aromatic heterocycles. The lowest BCUT2D eigenvalue weighted by Gasteiger charge is -2.28. The van der Waals surface area contributed by atoms with Gasteiger partial charge in [-0.3, -0.25) is 0 Å². The van der Waals surface area contributed by atoms with Gasteiger partial charge >= 0.3 is 0 Å². The van der Waals surface area contributed by atoms with Gasteiger partial charge in [-0.15, -0.1) is 0 Å². The molecule has 0 aromatic rings. The van der Waals surface area contributed by atoms with E-state index in [1.807, 2.05) is 0 Å². The summed E-state index contributed by atoms with van der Waals surface area (Å²) in [4.78, 5) is 5.08. The molecule has 0 radical (unpaired) electrons. The highest BCUT2D eigenvalue weighted by Gasteiger charge is 2.09. The maximum Gasteiger partial charge on any atom is 0.0109 e. The lowest BCUT2D eigenvalue weighted by atomic mass is 10.2. The Labute approximate surface area is 82.9 Å². The smallest absolute Gasteiger partial charge is 0.0109 e. The van der Waals surface area contributed by atoms with Crippen LogP contribution in [0.5, 0.6) is 0 Å². The summed E-state index contributed by atoms with van der Waals surface area (Å²) in [5.41, 5.74) is 0. The SMILES string of the molecule is CCCCN1CCCCN(C)CC1. The van der Waals surface area contributed by atoms with Gasteiger partial charge in [-0.1, -0.05) is 13.3 Å².